The second-order valence-electron chi connectivity index (χ2n) is 7.91. The largest absolute Gasteiger partial charge is 0.316 e. The van der Waals surface area contributed by atoms with E-state index in [2.05, 4.69) is 37.4 Å². The molecule has 2 fully saturated rings. The lowest BCUT2D eigenvalue weighted by Crippen LogP contribution is -2.40. The number of aryl methyl sites for hydroxylation is 2. The van der Waals surface area contributed by atoms with Gasteiger partial charge in [0.25, 0.3) is 0 Å². The third-order valence-corrected chi connectivity index (χ3v) is 5.93. The van der Waals surface area contributed by atoms with Gasteiger partial charge in [0.05, 0.1) is 0 Å². The van der Waals surface area contributed by atoms with Crippen molar-refractivity contribution in [3.8, 4) is 0 Å². The molecule has 118 valence electrons. The molecule has 1 N–H and O–H groups in total. The van der Waals surface area contributed by atoms with Gasteiger partial charge in [0.1, 0.15) is 0 Å². The molecule has 0 aromatic carbocycles. The number of nitrogens with zero attached hydrogens (tertiary/aromatic N) is 2. The predicted molar refractivity (Wildman–Crippen MR) is 87.1 cm³/mol. The zero-order chi connectivity index (χ0) is 14.9. The van der Waals surface area contributed by atoms with Crippen LogP contribution in [-0.4, -0.2) is 22.9 Å². The van der Waals surface area contributed by atoms with E-state index in [-0.39, 0.29) is 0 Å². The van der Waals surface area contributed by atoms with Gasteiger partial charge in [0.2, 0.25) is 0 Å². The van der Waals surface area contributed by atoms with Crippen molar-refractivity contribution in [3.63, 3.8) is 0 Å². The number of fused-ring (bicyclic) bond motifs is 2. The molecule has 2 bridgehead atoms. The van der Waals surface area contributed by atoms with Gasteiger partial charge in [-0.15, -0.1) is 0 Å². The molecule has 0 saturated heterocycles. The normalized spacial score (nSPS) is 31.4. The van der Waals surface area contributed by atoms with Crippen molar-refractivity contribution >= 4 is 0 Å². The van der Waals surface area contributed by atoms with Gasteiger partial charge < -0.3 is 5.32 Å². The molecule has 3 atom stereocenters. The van der Waals surface area contributed by atoms with Crippen LogP contribution in [0.5, 0.6) is 0 Å². The van der Waals surface area contributed by atoms with Gasteiger partial charge in [-0.2, -0.15) is 5.10 Å². The topological polar surface area (TPSA) is 29.9 Å². The molecule has 3 heteroatoms. The van der Waals surface area contributed by atoms with Gasteiger partial charge in [0.15, 0.2) is 0 Å². The fourth-order valence-corrected chi connectivity index (χ4v) is 4.80. The van der Waals surface area contributed by atoms with E-state index in [1.807, 2.05) is 10.9 Å². The van der Waals surface area contributed by atoms with Crippen LogP contribution in [0.15, 0.2) is 12.3 Å². The van der Waals surface area contributed by atoms with Crippen LogP contribution in [0.2, 0.25) is 0 Å². The molecule has 2 aliphatic rings. The van der Waals surface area contributed by atoms with Crippen LogP contribution in [0.3, 0.4) is 0 Å². The van der Waals surface area contributed by atoms with E-state index >= 15 is 0 Å². The van der Waals surface area contributed by atoms with E-state index in [1.54, 1.807) is 0 Å². The van der Waals surface area contributed by atoms with Crippen LogP contribution in [0.25, 0.3) is 0 Å². The van der Waals surface area contributed by atoms with E-state index in [4.69, 9.17) is 0 Å². The summed E-state index contributed by atoms with van der Waals surface area (Å²) in [4.78, 5) is 0. The molecule has 1 aromatic heterocycles. The Morgan fingerprint density at radius 1 is 1.43 bits per heavy atom. The fourth-order valence-electron chi connectivity index (χ4n) is 4.80. The van der Waals surface area contributed by atoms with Crippen molar-refractivity contribution in [1.82, 2.24) is 15.1 Å². The van der Waals surface area contributed by atoms with Gasteiger partial charge in [-0.25, -0.2) is 0 Å². The van der Waals surface area contributed by atoms with Crippen LogP contribution in [0.4, 0.5) is 0 Å². The Morgan fingerprint density at radius 3 is 2.86 bits per heavy atom. The Hall–Kier alpha value is -0.830. The summed E-state index contributed by atoms with van der Waals surface area (Å²) in [5, 5.41) is 8.09. The summed E-state index contributed by atoms with van der Waals surface area (Å²) in [6, 6.07) is 2.18. The maximum Gasteiger partial charge on any atom is 0.0492 e. The molecule has 0 radical (unpaired) electrons. The zero-order valence-electron chi connectivity index (χ0n) is 13.9. The first-order valence-corrected chi connectivity index (χ1v) is 8.77. The van der Waals surface area contributed by atoms with E-state index in [1.165, 1.54) is 50.8 Å². The summed E-state index contributed by atoms with van der Waals surface area (Å²) in [5.41, 5.74) is 1.95. The van der Waals surface area contributed by atoms with E-state index < -0.39 is 0 Å². The highest BCUT2D eigenvalue weighted by atomic mass is 15.2. The third-order valence-electron chi connectivity index (χ3n) is 5.93. The average molecular weight is 289 g/mol. The molecule has 3 unspecified atom stereocenters. The molecule has 1 heterocycles. The first kappa shape index (κ1) is 15.1. The fraction of sp³-hybridized carbons (Fsp3) is 0.833. The Balaban J connectivity index is 1.64. The summed E-state index contributed by atoms with van der Waals surface area (Å²) < 4.78 is 2.04. The predicted octanol–water partition coefficient (Wildman–Crippen LogP) is 3.40. The lowest BCUT2D eigenvalue weighted by atomic mass is 9.69. The SMILES string of the molecule is CC(C)CNCC1(CCc2ccnn2C)CC2CCC1C2. The Labute approximate surface area is 129 Å². The lowest BCUT2D eigenvalue weighted by Gasteiger charge is -2.38. The summed E-state index contributed by atoms with van der Waals surface area (Å²) in [6.07, 6.45) is 10.4. The number of hydrogen-bond acceptors (Lipinski definition) is 2. The molecule has 3 rings (SSSR count). The molecule has 2 saturated carbocycles. The first-order chi connectivity index (χ1) is 10.1. The smallest absolute Gasteiger partial charge is 0.0492 e. The highest BCUT2D eigenvalue weighted by molar-refractivity contribution is 5.06. The number of hydrogen-bond donors (Lipinski definition) is 1. The molecule has 1 aromatic rings. The minimum Gasteiger partial charge on any atom is -0.316 e. The Bertz CT molecular complexity index is 465. The highest BCUT2D eigenvalue weighted by Gasteiger charge is 2.49. The average Bonchev–Trinajstić information content (AvgIpc) is 3.12. The Morgan fingerprint density at radius 2 is 2.29 bits per heavy atom. The molecule has 0 spiro atoms. The standard InChI is InChI=1S/C18H31N3/c1-14(2)12-19-13-18(11-15-4-5-16(18)10-15)8-6-17-7-9-20-21(17)3/h7,9,14-16,19H,4-6,8,10-13H2,1-3H3. The number of nitrogens with one attached hydrogen (secondary N) is 1. The van der Waals surface area contributed by atoms with Crippen molar-refractivity contribution in [2.45, 2.75) is 52.4 Å². The van der Waals surface area contributed by atoms with Crippen molar-refractivity contribution in [1.29, 1.82) is 0 Å². The molecular formula is C18H31N3. The monoisotopic (exact) mass is 289 g/mol. The van der Waals surface area contributed by atoms with Crippen molar-refractivity contribution in [2.24, 2.45) is 30.2 Å². The maximum atomic E-state index is 4.32. The van der Waals surface area contributed by atoms with E-state index in [9.17, 15) is 0 Å². The maximum absolute atomic E-state index is 4.32. The van der Waals surface area contributed by atoms with Crippen molar-refractivity contribution in [3.05, 3.63) is 18.0 Å². The van der Waals surface area contributed by atoms with Gasteiger partial charge in [-0.05, 0) is 67.9 Å². The summed E-state index contributed by atoms with van der Waals surface area (Å²) in [7, 11) is 2.07. The third kappa shape index (κ3) is 3.18. The van der Waals surface area contributed by atoms with Gasteiger partial charge >= 0.3 is 0 Å². The van der Waals surface area contributed by atoms with Crippen LogP contribution in [-0.2, 0) is 13.5 Å². The van der Waals surface area contributed by atoms with Crippen LogP contribution < -0.4 is 5.32 Å². The van der Waals surface area contributed by atoms with Gasteiger partial charge in [-0.3, -0.25) is 4.68 Å². The van der Waals surface area contributed by atoms with Crippen molar-refractivity contribution in [2.75, 3.05) is 13.1 Å². The highest BCUT2D eigenvalue weighted by Crippen LogP contribution is 2.57. The number of rotatable bonds is 7. The summed E-state index contributed by atoms with van der Waals surface area (Å²) in [5.74, 6) is 2.73. The Kier molecular flexibility index (Phi) is 4.39. The molecule has 0 amide bonds. The molecule has 21 heavy (non-hydrogen) atoms. The van der Waals surface area contributed by atoms with Crippen LogP contribution in [0, 0.1) is 23.2 Å². The lowest BCUT2D eigenvalue weighted by molar-refractivity contribution is 0.141. The molecule has 2 aliphatic carbocycles. The second kappa shape index (κ2) is 6.12. The van der Waals surface area contributed by atoms with E-state index in [0.29, 0.717) is 5.41 Å². The second-order valence-corrected chi connectivity index (χ2v) is 7.91. The zero-order valence-corrected chi connectivity index (χ0v) is 13.9. The molecular weight excluding hydrogens is 258 g/mol. The first-order valence-electron chi connectivity index (χ1n) is 8.77. The van der Waals surface area contributed by atoms with Crippen LogP contribution in [0.1, 0.15) is 51.6 Å². The summed E-state index contributed by atoms with van der Waals surface area (Å²) >= 11 is 0. The van der Waals surface area contributed by atoms with Gasteiger partial charge in [-0.1, -0.05) is 20.3 Å². The minimum absolute atomic E-state index is 0.558. The molecule has 0 aliphatic heterocycles. The van der Waals surface area contributed by atoms with Crippen LogP contribution >= 0.6 is 0 Å². The van der Waals surface area contributed by atoms with Gasteiger partial charge in [0, 0.05) is 25.5 Å². The van der Waals surface area contributed by atoms with E-state index in [0.717, 1.165) is 24.3 Å². The molecule has 3 nitrogen and oxygen atoms in total. The minimum atomic E-state index is 0.558. The quantitative estimate of drug-likeness (QED) is 0.833. The number of aromatic nitrogens is 2. The summed E-state index contributed by atoms with van der Waals surface area (Å²) in [6.45, 7) is 6.99. The van der Waals surface area contributed by atoms with Crippen molar-refractivity contribution < 1.29 is 0 Å².